The fourth-order valence-corrected chi connectivity index (χ4v) is 9.00. The number of aliphatic hydroxyl groups is 1. The van der Waals surface area contributed by atoms with Crippen molar-refractivity contribution in [3.63, 3.8) is 0 Å². The Morgan fingerprint density at radius 2 is 1.52 bits per heavy atom. The number of benzene rings is 5. The van der Waals surface area contributed by atoms with E-state index in [1.54, 1.807) is 0 Å². The SMILES string of the molecule is C/C(O)=C/C(=O)COc1ccc(C2(c3ccc(C)cc3)c3cc(Br)ccc3-c3ccc(Br)cc32)cc1.[Ir].[c-]1c(C2CCCC[N-]2)sc2ccccc12. The second-order valence-corrected chi connectivity index (χ2v) is 16.0. The van der Waals surface area contributed by atoms with Crippen molar-refractivity contribution < 1.29 is 34.7 Å². The second kappa shape index (κ2) is 16.8. The third kappa shape index (κ3) is 7.94. The molecule has 8 heteroatoms. The van der Waals surface area contributed by atoms with Crippen LogP contribution in [0.3, 0.4) is 0 Å². The van der Waals surface area contributed by atoms with E-state index in [1.165, 1.54) is 80.6 Å². The van der Waals surface area contributed by atoms with Crippen molar-refractivity contribution in [3.8, 4) is 16.9 Å². The predicted molar refractivity (Wildman–Crippen MR) is 216 cm³/mol. The number of nitrogens with zero attached hydrogens (tertiary/aromatic N) is 1. The van der Waals surface area contributed by atoms with Crippen LogP contribution in [0, 0.1) is 13.0 Å². The van der Waals surface area contributed by atoms with E-state index in [0.717, 1.165) is 21.1 Å². The number of ether oxygens (including phenoxy) is 1. The van der Waals surface area contributed by atoms with Gasteiger partial charge in [-0.2, -0.15) is 17.5 Å². The maximum absolute atomic E-state index is 11.9. The van der Waals surface area contributed by atoms with Crippen molar-refractivity contribution in [1.29, 1.82) is 0 Å². The monoisotopic (exact) mass is 1010 g/mol. The van der Waals surface area contributed by atoms with Gasteiger partial charge in [0, 0.05) is 35.1 Å². The fourth-order valence-electron chi connectivity index (χ4n) is 7.18. The summed E-state index contributed by atoms with van der Waals surface area (Å²) in [7, 11) is 0. The summed E-state index contributed by atoms with van der Waals surface area (Å²) >= 11 is 9.28. The van der Waals surface area contributed by atoms with Crippen molar-refractivity contribution in [1.82, 2.24) is 0 Å². The molecule has 1 N–H and O–H groups in total. The van der Waals surface area contributed by atoms with Crippen LogP contribution in [0.1, 0.15) is 64.9 Å². The van der Waals surface area contributed by atoms with Crippen LogP contribution in [0.5, 0.6) is 5.75 Å². The third-order valence-corrected chi connectivity index (χ3v) is 11.6. The molecule has 1 aromatic heterocycles. The van der Waals surface area contributed by atoms with Crippen LogP contribution in [0.4, 0.5) is 0 Å². The zero-order valence-electron chi connectivity index (χ0n) is 28.8. The minimum atomic E-state index is -0.531. The molecule has 52 heavy (non-hydrogen) atoms. The molecular weight excluding hydrogens is 975 g/mol. The van der Waals surface area contributed by atoms with Crippen LogP contribution in [-0.2, 0) is 30.3 Å². The summed E-state index contributed by atoms with van der Waals surface area (Å²) in [6, 6.07) is 42.1. The largest absolute Gasteiger partial charge is 0.656 e. The number of aliphatic hydroxyl groups excluding tert-OH is 1. The smallest absolute Gasteiger partial charge is 0.196 e. The van der Waals surface area contributed by atoms with Crippen LogP contribution in [0.2, 0.25) is 0 Å². The Labute approximate surface area is 339 Å². The van der Waals surface area contributed by atoms with E-state index < -0.39 is 5.41 Å². The van der Waals surface area contributed by atoms with E-state index in [0.29, 0.717) is 11.8 Å². The molecule has 4 nitrogen and oxygen atoms in total. The van der Waals surface area contributed by atoms with Gasteiger partial charge in [0.25, 0.3) is 0 Å². The molecule has 1 saturated heterocycles. The van der Waals surface area contributed by atoms with Crippen molar-refractivity contribution in [2.45, 2.75) is 44.6 Å². The Bertz CT molecular complexity index is 2140. The third-order valence-electron chi connectivity index (χ3n) is 9.49. The number of ketones is 1. The standard InChI is InChI=1S/C31H24Br2O3.C13H13NS.Ir/c1-19-3-5-21(6-4-19)31(22-7-11-26(12-8-22)36-18-25(35)15-20(2)34)29-16-23(32)9-13-27(29)28-14-10-24(33)17-30(28)31;1-2-7-12-10(5-1)9-13(15-12)11-6-3-4-8-14-11;/h3-17,34H,18H2,1-2H3;1-2,5,7,11H,3-4,6,8H2;/q;-2;/b20-15-;;. The molecule has 2 aliphatic rings. The van der Waals surface area contributed by atoms with Crippen molar-refractivity contribution in [2.75, 3.05) is 13.2 Å². The molecule has 267 valence electrons. The maximum atomic E-state index is 11.9. The zero-order chi connectivity index (χ0) is 35.5. The molecule has 1 radical (unpaired) electrons. The van der Waals surface area contributed by atoms with E-state index in [-0.39, 0.29) is 38.3 Å². The first-order valence-corrected chi connectivity index (χ1v) is 19.5. The average molecular weight is 1010 g/mol. The average Bonchev–Trinajstić information content (AvgIpc) is 3.69. The molecule has 1 aliphatic carbocycles. The van der Waals surface area contributed by atoms with Gasteiger partial charge in [0.2, 0.25) is 0 Å². The summed E-state index contributed by atoms with van der Waals surface area (Å²) in [4.78, 5) is 13.3. The number of carbonyl (C=O) groups is 1. The van der Waals surface area contributed by atoms with Gasteiger partial charge in [-0.15, -0.1) is 24.7 Å². The summed E-state index contributed by atoms with van der Waals surface area (Å²) < 4.78 is 9.09. The van der Waals surface area contributed by atoms with E-state index in [9.17, 15) is 9.90 Å². The Morgan fingerprint density at radius 1 is 0.904 bits per heavy atom. The molecule has 1 fully saturated rings. The van der Waals surface area contributed by atoms with Gasteiger partial charge >= 0.3 is 0 Å². The summed E-state index contributed by atoms with van der Waals surface area (Å²) in [5.41, 5.74) is 7.79. The van der Waals surface area contributed by atoms with E-state index >= 15 is 0 Å². The molecule has 0 amide bonds. The molecule has 8 rings (SSSR count). The molecule has 0 bridgehead atoms. The van der Waals surface area contributed by atoms with Gasteiger partial charge in [0.05, 0.1) is 11.2 Å². The van der Waals surface area contributed by atoms with Gasteiger partial charge in [0.15, 0.2) is 12.4 Å². The first kappa shape index (κ1) is 38.4. The van der Waals surface area contributed by atoms with Crippen LogP contribution >= 0.6 is 43.2 Å². The van der Waals surface area contributed by atoms with Crippen molar-refractivity contribution >= 4 is 59.1 Å². The Balaban J connectivity index is 0.000000241. The van der Waals surface area contributed by atoms with E-state index in [2.05, 4.69) is 147 Å². The maximum Gasteiger partial charge on any atom is 0.196 e. The second-order valence-electron chi connectivity index (χ2n) is 13.1. The van der Waals surface area contributed by atoms with E-state index in [1.807, 2.05) is 23.5 Å². The van der Waals surface area contributed by atoms with Gasteiger partial charge in [-0.3, -0.25) is 4.79 Å². The quantitative estimate of drug-likeness (QED) is 0.0983. The summed E-state index contributed by atoms with van der Waals surface area (Å²) in [6.45, 7) is 4.46. The Morgan fingerprint density at radius 3 is 2.10 bits per heavy atom. The first-order valence-electron chi connectivity index (χ1n) is 17.1. The molecule has 1 unspecified atom stereocenters. The molecule has 1 aliphatic heterocycles. The predicted octanol–water partition coefficient (Wildman–Crippen LogP) is 12.6. The van der Waals surface area contributed by atoms with Gasteiger partial charge in [0.1, 0.15) is 5.75 Å². The Kier molecular flexibility index (Phi) is 12.4. The summed E-state index contributed by atoms with van der Waals surface area (Å²) in [5, 5.41) is 15.2. The minimum absolute atomic E-state index is 0. The number of halogens is 2. The Hall–Kier alpha value is -3.36. The van der Waals surface area contributed by atoms with Crippen LogP contribution in [0.15, 0.2) is 130 Å². The normalized spacial score (nSPS) is 15.8. The van der Waals surface area contributed by atoms with Gasteiger partial charge < -0.3 is 15.2 Å². The van der Waals surface area contributed by atoms with Gasteiger partial charge in [-0.1, -0.05) is 121 Å². The molecule has 1 atom stereocenters. The van der Waals surface area contributed by atoms with Crippen molar-refractivity contribution in [3.05, 3.63) is 174 Å². The molecule has 2 heterocycles. The van der Waals surface area contributed by atoms with Crippen LogP contribution in [0.25, 0.3) is 26.5 Å². The van der Waals surface area contributed by atoms with Gasteiger partial charge in [-0.25, -0.2) is 11.3 Å². The molecule has 0 spiro atoms. The summed E-state index contributed by atoms with van der Waals surface area (Å²) in [6.07, 6.45) is 4.96. The number of thiophene rings is 1. The number of carbonyl (C=O) groups excluding carboxylic acids is 1. The summed E-state index contributed by atoms with van der Waals surface area (Å²) in [5.74, 6) is 0.274. The fraction of sp³-hybridized carbons (Fsp3) is 0.205. The van der Waals surface area contributed by atoms with Crippen LogP contribution < -0.4 is 4.74 Å². The number of aryl methyl sites for hydroxylation is 1. The number of rotatable bonds is 7. The van der Waals surface area contributed by atoms with Crippen molar-refractivity contribution in [2.24, 2.45) is 0 Å². The minimum Gasteiger partial charge on any atom is -0.656 e. The first-order chi connectivity index (χ1) is 24.7. The van der Waals surface area contributed by atoms with E-state index in [4.69, 9.17) is 4.74 Å². The molecular formula is C44H37Br2IrNO3S-2. The number of hydrogen-bond donors (Lipinski definition) is 1. The number of allylic oxidation sites excluding steroid dienone is 1. The number of fused-ring (bicyclic) bond motifs is 4. The van der Waals surface area contributed by atoms with Gasteiger partial charge in [-0.05, 0) is 83.6 Å². The molecule has 0 saturated carbocycles. The zero-order valence-corrected chi connectivity index (χ0v) is 35.2. The number of hydrogen-bond acceptors (Lipinski definition) is 4. The topological polar surface area (TPSA) is 60.6 Å². The molecule has 5 aromatic carbocycles. The van der Waals surface area contributed by atoms with Crippen LogP contribution in [-0.4, -0.2) is 24.0 Å². The molecule has 6 aromatic rings. The number of piperidine rings is 1.